The van der Waals surface area contributed by atoms with Crippen LogP contribution < -0.4 is 10.6 Å². The van der Waals surface area contributed by atoms with E-state index in [1.807, 2.05) is 44.2 Å². The van der Waals surface area contributed by atoms with Crippen molar-refractivity contribution >= 4 is 45.3 Å². The van der Waals surface area contributed by atoms with Crippen molar-refractivity contribution in [3.8, 4) is 0 Å². The quantitative estimate of drug-likeness (QED) is 0.630. The van der Waals surface area contributed by atoms with E-state index in [0.29, 0.717) is 21.6 Å². The molecule has 0 unspecified atom stereocenters. The van der Waals surface area contributed by atoms with E-state index in [1.54, 1.807) is 6.92 Å². The van der Waals surface area contributed by atoms with Crippen LogP contribution in [0.25, 0.3) is 0 Å². The maximum absolute atomic E-state index is 12.5. The Morgan fingerprint density at radius 2 is 2.00 bits per heavy atom. The number of nitrogens with one attached hydrogen (secondary N) is 2. The van der Waals surface area contributed by atoms with E-state index in [4.69, 9.17) is 4.74 Å². The van der Waals surface area contributed by atoms with Crippen LogP contribution in [0.1, 0.15) is 37.4 Å². The molecule has 2 aromatic rings. The van der Waals surface area contributed by atoms with E-state index in [0.717, 1.165) is 17.0 Å². The zero-order valence-electron chi connectivity index (χ0n) is 17.0. The van der Waals surface area contributed by atoms with Crippen LogP contribution in [0.15, 0.2) is 46.6 Å². The molecular weight excluding hydrogens is 422 g/mol. The minimum atomic E-state index is -0.493. The summed E-state index contributed by atoms with van der Waals surface area (Å²) in [5, 5.41) is 15.7. The van der Waals surface area contributed by atoms with Gasteiger partial charge in [-0.3, -0.25) is 10.1 Å². The molecule has 1 aliphatic rings. The van der Waals surface area contributed by atoms with Crippen molar-refractivity contribution in [1.82, 2.24) is 15.5 Å². The molecule has 0 saturated carbocycles. The Morgan fingerprint density at radius 3 is 2.67 bits per heavy atom. The average Bonchev–Trinajstić information content (AvgIpc) is 3.20. The third kappa shape index (κ3) is 5.45. The molecule has 1 amide bonds. The lowest BCUT2D eigenvalue weighted by Crippen LogP contribution is -2.31. The summed E-state index contributed by atoms with van der Waals surface area (Å²) >= 11 is 2.62. The summed E-state index contributed by atoms with van der Waals surface area (Å²) in [6.45, 7) is 5.85. The third-order valence-corrected chi connectivity index (χ3v) is 6.05. The highest BCUT2D eigenvalue weighted by Crippen LogP contribution is 2.32. The van der Waals surface area contributed by atoms with Gasteiger partial charge in [-0.15, -0.1) is 10.2 Å². The number of benzene rings is 1. The zero-order chi connectivity index (χ0) is 21.5. The smallest absolute Gasteiger partial charge is 0.338 e. The second-order valence-electron chi connectivity index (χ2n) is 6.32. The molecule has 0 bridgehead atoms. The van der Waals surface area contributed by atoms with Crippen LogP contribution >= 0.6 is 23.1 Å². The van der Waals surface area contributed by atoms with Gasteiger partial charge in [0, 0.05) is 5.70 Å². The lowest BCUT2D eigenvalue weighted by atomic mass is 9.97. The predicted octanol–water partition coefficient (Wildman–Crippen LogP) is 3.31. The molecule has 10 heteroatoms. The number of ether oxygens (including phenoxy) is 1. The van der Waals surface area contributed by atoms with Gasteiger partial charge in [0.25, 0.3) is 0 Å². The van der Waals surface area contributed by atoms with Crippen molar-refractivity contribution in [3.63, 3.8) is 0 Å². The molecule has 2 heterocycles. The summed E-state index contributed by atoms with van der Waals surface area (Å²) in [5.41, 5.74) is 2.01. The molecule has 0 aliphatic carbocycles. The summed E-state index contributed by atoms with van der Waals surface area (Å²) in [6.07, 6.45) is 0.776. The minimum Gasteiger partial charge on any atom is -0.463 e. The van der Waals surface area contributed by atoms with Gasteiger partial charge in [-0.25, -0.2) is 9.79 Å². The van der Waals surface area contributed by atoms with E-state index in [-0.39, 0.29) is 18.3 Å². The van der Waals surface area contributed by atoms with E-state index >= 15 is 0 Å². The van der Waals surface area contributed by atoms with E-state index in [1.165, 1.54) is 23.1 Å². The number of carbonyl (C=O) groups is 2. The summed E-state index contributed by atoms with van der Waals surface area (Å²) in [6, 6.07) is 9.05. The fourth-order valence-electron chi connectivity index (χ4n) is 2.81. The lowest BCUT2D eigenvalue weighted by Gasteiger charge is -2.25. The van der Waals surface area contributed by atoms with Crippen molar-refractivity contribution in [2.24, 2.45) is 4.99 Å². The van der Waals surface area contributed by atoms with Crippen LogP contribution in [0.3, 0.4) is 0 Å². The van der Waals surface area contributed by atoms with Gasteiger partial charge in [0.15, 0.2) is 5.17 Å². The highest BCUT2D eigenvalue weighted by Gasteiger charge is 2.30. The van der Waals surface area contributed by atoms with Crippen molar-refractivity contribution in [2.45, 2.75) is 33.2 Å². The van der Waals surface area contributed by atoms with E-state index in [9.17, 15) is 9.59 Å². The number of allylic oxidation sites excluding steroid dienone is 1. The number of esters is 1. The first kappa shape index (κ1) is 22.0. The molecule has 0 saturated heterocycles. The molecule has 1 atom stereocenters. The van der Waals surface area contributed by atoms with Gasteiger partial charge in [-0.1, -0.05) is 60.4 Å². The topological polar surface area (TPSA) is 106 Å². The number of aryl methyl sites for hydroxylation is 1. The number of nitrogens with zero attached hydrogens (tertiary/aromatic N) is 3. The van der Waals surface area contributed by atoms with Gasteiger partial charge in [0.1, 0.15) is 11.0 Å². The molecule has 1 aliphatic heterocycles. The van der Waals surface area contributed by atoms with Crippen molar-refractivity contribution in [2.75, 3.05) is 17.7 Å². The molecular formula is C20H23N5O3S2. The highest BCUT2D eigenvalue weighted by molar-refractivity contribution is 8.14. The molecule has 1 aromatic heterocycles. The molecule has 3 rings (SSSR count). The second kappa shape index (κ2) is 10.4. The van der Waals surface area contributed by atoms with Crippen molar-refractivity contribution in [1.29, 1.82) is 0 Å². The first-order valence-electron chi connectivity index (χ1n) is 9.54. The van der Waals surface area contributed by atoms with Crippen LogP contribution in [-0.2, 0) is 20.7 Å². The van der Waals surface area contributed by atoms with Crippen LogP contribution in [-0.4, -0.2) is 39.6 Å². The SMILES string of the molecule is CCOC(=O)C1=C(C)NC(SCC(=O)Nc2nnc(CC)s2)=N[C@H]1c1ccccc1. The highest BCUT2D eigenvalue weighted by atomic mass is 32.2. The fraction of sp³-hybridized carbons (Fsp3) is 0.350. The van der Waals surface area contributed by atoms with Gasteiger partial charge in [0.2, 0.25) is 11.0 Å². The predicted molar refractivity (Wildman–Crippen MR) is 119 cm³/mol. The summed E-state index contributed by atoms with van der Waals surface area (Å²) in [4.78, 5) is 29.5. The van der Waals surface area contributed by atoms with E-state index < -0.39 is 12.0 Å². The Balaban J connectivity index is 1.72. The summed E-state index contributed by atoms with van der Waals surface area (Å²) in [7, 11) is 0. The maximum atomic E-state index is 12.5. The van der Waals surface area contributed by atoms with Crippen molar-refractivity contribution < 1.29 is 14.3 Å². The van der Waals surface area contributed by atoms with Crippen molar-refractivity contribution in [3.05, 3.63) is 52.2 Å². The van der Waals surface area contributed by atoms with Gasteiger partial charge >= 0.3 is 5.97 Å². The Bertz CT molecular complexity index is 972. The molecule has 158 valence electrons. The standard InChI is InChI=1S/C20H23N5O3S2/c1-4-15-24-25-20(30-15)22-14(26)11-29-19-21-12(3)16(18(27)28-5-2)17(23-19)13-9-7-6-8-10-13/h6-10,17H,4-5,11H2,1-3H3,(H,21,23)(H,22,25,26)/t17-/m0/s1. The number of rotatable bonds is 7. The van der Waals surface area contributed by atoms with Gasteiger partial charge < -0.3 is 10.1 Å². The monoisotopic (exact) mass is 445 g/mol. The number of amides is 1. The fourth-order valence-corrected chi connectivity index (χ4v) is 4.25. The molecule has 2 N–H and O–H groups in total. The normalized spacial score (nSPS) is 16.0. The second-order valence-corrected chi connectivity index (χ2v) is 8.35. The Morgan fingerprint density at radius 1 is 1.23 bits per heavy atom. The largest absolute Gasteiger partial charge is 0.463 e. The maximum Gasteiger partial charge on any atom is 0.338 e. The molecule has 30 heavy (non-hydrogen) atoms. The number of thioether (sulfide) groups is 1. The van der Waals surface area contributed by atoms with Crippen LogP contribution in [0.5, 0.6) is 0 Å². The summed E-state index contributed by atoms with van der Waals surface area (Å²) < 4.78 is 5.23. The first-order chi connectivity index (χ1) is 14.5. The Labute approximate surface area is 183 Å². The number of carbonyl (C=O) groups excluding carboxylic acids is 2. The number of amidine groups is 1. The molecule has 0 radical (unpaired) electrons. The first-order valence-corrected chi connectivity index (χ1v) is 11.3. The molecule has 0 fully saturated rings. The average molecular weight is 446 g/mol. The Hall–Kier alpha value is -2.72. The minimum absolute atomic E-state index is 0.149. The number of aromatic nitrogens is 2. The number of aliphatic imine (C=N–C) groups is 1. The van der Waals surface area contributed by atoms with E-state index in [2.05, 4.69) is 25.8 Å². The van der Waals surface area contributed by atoms with Gasteiger partial charge in [-0.2, -0.15) is 0 Å². The zero-order valence-corrected chi connectivity index (χ0v) is 18.6. The van der Waals surface area contributed by atoms with Gasteiger partial charge in [0.05, 0.1) is 17.9 Å². The van der Waals surface area contributed by atoms with Crippen LogP contribution in [0.2, 0.25) is 0 Å². The third-order valence-electron chi connectivity index (χ3n) is 4.18. The Kier molecular flexibility index (Phi) is 7.58. The molecule has 8 nitrogen and oxygen atoms in total. The number of hydrogen-bond donors (Lipinski definition) is 2. The summed E-state index contributed by atoms with van der Waals surface area (Å²) in [5.74, 6) is -0.446. The number of hydrogen-bond acceptors (Lipinski definition) is 9. The van der Waals surface area contributed by atoms with Crippen LogP contribution in [0.4, 0.5) is 5.13 Å². The van der Waals surface area contributed by atoms with Crippen LogP contribution in [0, 0.1) is 0 Å². The van der Waals surface area contributed by atoms with Gasteiger partial charge in [-0.05, 0) is 25.8 Å². The number of anilines is 1. The molecule has 1 aromatic carbocycles. The lowest BCUT2D eigenvalue weighted by molar-refractivity contribution is -0.139. The molecule has 0 spiro atoms.